The molecule has 94 valence electrons. The zero-order valence-electron chi connectivity index (χ0n) is 10.5. The summed E-state index contributed by atoms with van der Waals surface area (Å²) in [5.74, 6) is 0.980. The van der Waals surface area contributed by atoms with Gasteiger partial charge in [0, 0.05) is 27.4 Å². The maximum atomic E-state index is 6.36. The van der Waals surface area contributed by atoms with Gasteiger partial charge in [0.1, 0.15) is 12.4 Å². The molecule has 0 saturated carbocycles. The summed E-state index contributed by atoms with van der Waals surface area (Å²) in [6.45, 7) is 4.96. The Kier molecular flexibility index (Phi) is 2.92. The van der Waals surface area contributed by atoms with Crippen LogP contribution in [0.1, 0.15) is 25.5 Å². The predicted molar refractivity (Wildman–Crippen MR) is 75.5 cm³/mol. The molecule has 2 aromatic carbocycles. The molecule has 1 N–H and O–H groups in total. The summed E-state index contributed by atoms with van der Waals surface area (Å²) >= 11 is 6.36. The van der Waals surface area contributed by atoms with E-state index in [1.807, 2.05) is 24.3 Å². The summed E-state index contributed by atoms with van der Waals surface area (Å²) in [6.07, 6.45) is 0. The number of ether oxygens (including phenoxy) is 1. The van der Waals surface area contributed by atoms with Crippen molar-refractivity contribution in [1.29, 1.82) is 0 Å². The number of hydrogen-bond donors (Lipinski definition) is 1. The van der Waals surface area contributed by atoms with Gasteiger partial charge in [0.15, 0.2) is 0 Å². The van der Waals surface area contributed by atoms with E-state index >= 15 is 0 Å². The second kappa shape index (κ2) is 4.45. The van der Waals surface area contributed by atoms with Crippen LogP contribution in [-0.2, 0) is 0 Å². The maximum absolute atomic E-state index is 6.36. The lowest BCUT2D eigenvalue weighted by molar-refractivity contribution is 0.305. The third-order valence-electron chi connectivity index (χ3n) is 3.28. The van der Waals surface area contributed by atoms with Gasteiger partial charge in [-0.15, -0.1) is 0 Å². The largest absolute Gasteiger partial charge is 0.491 e. The number of rotatable bonds is 2. The van der Waals surface area contributed by atoms with Crippen LogP contribution in [0.5, 0.6) is 5.75 Å². The van der Waals surface area contributed by atoms with E-state index in [9.17, 15) is 0 Å². The highest BCUT2D eigenvalue weighted by atomic mass is 35.5. The van der Waals surface area contributed by atoms with Crippen LogP contribution >= 0.6 is 11.6 Å². The fourth-order valence-electron chi connectivity index (χ4n) is 2.54. The third-order valence-corrected chi connectivity index (χ3v) is 3.59. The van der Waals surface area contributed by atoms with Gasteiger partial charge < -0.3 is 10.1 Å². The van der Waals surface area contributed by atoms with Crippen LogP contribution in [0.2, 0.25) is 5.02 Å². The molecule has 1 unspecified atom stereocenters. The molecule has 1 aliphatic heterocycles. The molecule has 0 saturated heterocycles. The lowest BCUT2D eigenvalue weighted by atomic mass is 10.0. The number of hydrogen-bond acceptors (Lipinski definition) is 2. The minimum Gasteiger partial charge on any atom is -0.491 e. The minimum atomic E-state index is 0.238. The lowest BCUT2D eigenvalue weighted by Crippen LogP contribution is -2.28. The summed E-state index contributed by atoms with van der Waals surface area (Å²) in [6, 6.07) is 10.8. The molecule has 1 aliphatic rings. The van der Waals surface area contributed by atoms with Crippen LogP contribution in [0.15, 0.2) is 30.3 Å². The Morgan fingerprint density at radius 3 is 2.72 bits per heavy atom. The van der Waals surface area contributed by atoms with Crippen molar-refractivity contribution in [3.05, 3.63) is 40.9 Å². The quantitative estimate of drug-likeness (QED) is 0.885. The van der Waals surface area contributed by atoms with E-state index in [1.165, 1.54) is 5.56 Å². The van der Waals surface area contributed by atoms with Crippen molar-refractivity contribution in [2.24, 2.45) is 0 Å². The van der Waals surface area contributed by atoms with Crippen molar-refractivity contribution < 1.29 is 4.74 Å². The second-order valence-electron chi connectivity index (χ2n) is 5.01. The first-order chi connectivity index (χ1) is 8.66. The number of nitrogens with one attached hydrogen (secondary N) is 1. The zero-order valence-corrected chi connectivity index (χ0v) is 11.3. The Morgan fingerprint density at radius 1 is 1.28 bits per heavy atom. The van der Waals surface area contributed by atoms with Gasteiger partial charge in [-0.3, -0.25) is 0 Å². The smallest absolute Gasteiger partial charge is 0.132 e. The molecule has 2 nitrogen and oxygen atoms in total. The summed E-state index contributed by atoms with van der Waals surface area (Å²) in [4.78, 5) is 0. The molecule has 3 rings (SSSR count). The van der Waals surface area contributed by atoms with Crippen LogP contribution in [0.25, 0.3) is 10.8 Å². The van der Waals surface area contributed by atoms with E-state index in [0.29, 0.717) is 12.6 Å². The van der Waals surface area contributed by atoms with Crippen LogP contribution in [-0.4, -0.2) is 12.6 Å². The molecule has 0 aliphatic carbocycles. The predicted octanol–water partition coefficient (Wildman–Crippen LogP) is 3.92. The Morgan fingerprint density at radius 2 is 2.00 bits per heavy atom. The molecule has 18 heavy (non-hydrogen) atoms. The first kappa shape index (κ1) is 11.8. The van der Waals surface area contributed by atoms with Gasteiger partial charge in [0.2, 0.25) is 0 Å². The Hall–Kier alpha value is -1.25. The van der Waals surface area contributed by atoms with E-state index < -0.39 is 0 Å². The fraction of sp³-hybridized carbons (Fsp3) is 0.333. The molecule has 1 atom stereocenters. The molecule has 0 radical (unpaired) electrons. The van der Waals surface area contributed by atoms with E-state index in [4.69, 9.17) is 16.3 Å². The zero-order chi connectivity index (χ0) is 12.7. The van der Waals surface area contributed by atoms with E-state index in [0.717, 1.165) is 21.5 Å². The van der Waals surface area contributed by atoms with Crippen LogP contribution in [0.3, 0.4) is 0 Å². The monoisotopic (exact) mass is 261 g/mol. The molecule has 1 heterocycles. The normalized spacial score (nSPS) is 18.1. The highest BCUT2D eigenvalue weighted by Gasteiger charge is 2.27. The average Bonchev–Trinajstić information content (AvgIpc) is 2.72. The van der Waals surface area contributed by atoms with Gasteiger partial charge >= 0.3 is 0 Å². The molecule has 0 amide bonds. The van der Waals surface area contributed by atoms with Crippen LogP contribution in [0, 0.1) is 0 Å². The summed E-state index contributed by atoms with van der Waals surface area (Å²) < 4.78 is 5.86. The topological polar surface area (TPSA) is 21.3 Å². The molecular formula is C15H16ClNO. The van der Waals surface area contributed by atoms with E-state index in [-0.39, 0.29) is 6.04 Å². The molecule has 0 spiro atoms. The Labute approximate surface area is 112 Å². The van der Waals surface area contributed by atoms with Crippen molar-refractivity contribution in [3.63, 3.8) is 0 Å². The van der Waals surface area contributed by atoms with Crippen molar-refractivity contribution in [2.45, 2.75) is 25.9 Å². The van der Waals surface area contributed by atoms with Gasteiger partial charge in [-0.2, -0.15) is 0 Å². The molecule has 0 bridgehead atoms. The SMILES string of the molecule is CC(C)NC1COc2c1cc(Cl)c1ccccc21. The molecule has 0 fully saturated rings. The van der Waals surface area contributed by atoms with Crippen LogP contribution < -0.4 is 10.1 Å². The van der Waals surface area contributed by atoms with Crippen LogP contribution in [0.4, 0.5) is 0 Å². The van der Waals surface area contributed by atoms with E-state index in [1.54, 1.807) is 0 Å². The average molecular weight is 262 g/mol. The van der Waals surface area contributed by atoms with Crippen molar-refractivity contribution >= 4 is 22.4 Å². The molecule has 0 aromatic heterocycles. The summed E-state index contributed by atoms with van der Waals surface area (Å²) in [5.41, 5.74) is 1.17. The van der Waals surface area contributed by atoms with Gasteiger partial charge in [-0.05, 0) is 6.07 Å². The standard InChI is InChI=1S/C15H16ClNO/c1-9(2)17-14-8-18-15-11-6-4-3-5-10(11)13(16)7-12(14)15/h3-7,9,14,17H,8H2,1-2H3. The first-order valence-electron chi connectivity index (χ1n) is 6.27. The molecule has 3 heteroatoms. The highest BCUT2D eigenvalue weighted by Crippen LogP contribution is 2.42. The highest BCUT2D eigenvalue weighted by molar-refractivity contribution is 6.36. The van der Waals surface area contributed by atoms with Gasteiger partial charge in [0.25, 0.3) is 0 Å². The number of benzene rings is 2. The third kappa shape index (κ3) is 1.86. The molecular weight excluding hydrogens is 246 g/mol. The van der Waals surface area contributed by atoms with Gasteiger partial charge in [0.05, 0.1) is 6.04 Å². The van der Waals surface area contributed by atoms with Crippen molar-refractivity contribution in [1.82, 2.24) is 5.32 Å². The minimum absolute atomic E-state index is 0.238. The summed E-state index contributed by atoms with van der Waals surface area (Å²) in [7, 11) is 0. The number of halogens is 1. The van der Waals surface area contributed by atoms with E-state index in [2.05, 4.69) is 25.2 Å². The Balaban J connectivity index is 2.15. The first-order valence-corrected chi connectivity index (χ1v) is 6.64. The fourth-order valence-corrected chi connectivity index (χ4v) is 2.82. The lowest BCUT2D eigenvalue weighted by Gasteiger charge is -2.15. The summed E-state index contributed by atoms with van der Waals surface area (Å²) in [5, 5.41) is 6.47. The van der Waals surface area contributed by atoms with Gasteiger partial charge in [-0.25, -0.2) is 0 Å². The second-order valence-corrected chi connectivity index (χ2v) is 5.41. The molecule has 2 aromatic rings. The van der Waals surface area contributed by atoms with Gasteiger partial charge in [-0.1, -0.05) is 49.7 Å². The maximum Gasteiger partial charge on any atom is 0.132 e. The van der Waals surface area contributed by atoms with Crippen molar-refractivity contribution in [2.75, 3.05) is 6.61 Å². The Bertz CT molecular complexity index is 594. The number of fused-ring (bicyclic) bond motifs is 3. The van der Waals surface area contributed by atoms with Crippen molar-refractivity contribution in [3.8, 4) is 5.75 Å².